The molecule has 1 saturated heterocycles. The third-order valence-corrected chi connectivity index (χ3v) is 5.99. The largest absolute Gasteiger partial charge is 0.356 e. The van der Waals surface area contributed by atoms with Gasteiger partial charge in [-0.2, -0.15) is 5.10 Å². The highest BCUT2D eigenvalue weighted by atomic mass is 19.1. The molecule has 1 aliphatic rings. The Bertz CT molecular complexity index is 1240. The number of hydrogen-bond acceptors (Lipinski definition) is 4. The first-order valence-corrected chi connectivity index (χ1v) is 10.9. The van der Waals surface area contributed by atoms with Crippen molar-refractivity contribution in [1.29, 1.82) is 0 Å². The van der Waals surface area contributed by atoms with Crippen LogP contribution in [-0.4, -0.2) is 39.4 Å². The van der Waals surface area contributed by atoms with E-state index in [1.54, 1.807) is 23.1 Å². The summed E-state index contributed by atoms with van der Waals surface area (Å²) in [6.45, 7) is 0.184. The highest BCUT2D eigenvalue weighted by Crippen LogP contribution is 2.30. The fraction of sp³-hybridized carbons (Fsp3) is 0.192. The number of halogens is 1. The van der Waals surface area contributed by atoms with Gasteiger partial charge in [-0.1, -0.05) is 42.5 Å². The maximum Gasteiger partial charge on any atom is 0.248 e. The van der Waals surface area contributed by atoms with Crippen molar-refractivity contribution in [2.45, 2.75) is 18.6 Å². The molecule has 2 aromatic heterocycles. The van der Waals surface area contributed by atoms with Crippen LogP contribution in [0.3, 0.4) is 0 Å². The quantitative estimate of drug-likeness (QED) is 0.488. The number of aryl methyl sites for hydroxylation is 1. The molecule has 5 rings (SSSR count). The summed E-state index contributed by atoms with van der Waals surface area (Å²) in [5.74, 6) is 0.194. The molecule has 0 saturated carbocycles. The van der Waals surface area contributed by atoms with Gasteiger partial charge in [-0.15, -0.1) is 0 Å². The number of nitrogens with one attached hydrogen (secondary N) is 1. The number of pyridine rings is 1. The Hall–Kier alpha value is -4.00. The van der Waals surface area contributed by atoms with Crippen molar-refractivity contribution in [2.75, 3.05) is 16.8 Å². The van der Waals surface area contributed by atoms with E-state index in [1.807, 2.05) is 78.7 Å². The van der Waals surface area contributed by atoms with Gasteiger partial charge >= 0.3 is 0 Å². The minimum Gasteiger partial charge on any atom is -0.356 e. The van der Waals surface area contributed by atoms with Crippen LogP contribution < -0.4 is 10.2 Å². The van der Waals surface area contributed by atoms with Gasteiger partial charge < -0.3 is 10.2 Å². The topological polar surface area (TPSA) is 63.1 Å². The van der Waals surface area contributed by atoms with Gasteiger partial charge in [-0.05, 0) is 41.5 Å². The fourth-order valence-electron chi connectivity index (χ4n) is 4.28. The summed E-state index contributed by atoms with van der Waals surface area (Å²) in [7, 11) is 1.89. The normalized spacial score (nSPS) is 17.8. The van der Waals surface area contributed by atoms with Gasteiger partial charge in [-0.25, -0.2) is 9.37 Å². The lowest BCUT2D eigenvalue weighted by Crippen LogP contribution is -2.39. The van der Waals surface area contributed by atoms with E-state index in [9.17, 15) is 9.18 Å². The number of hydrogen-bond donors (Lipinski definition) is 1. The molecule has 33 heavy (non-hydrogen) atoms. The monoisotopic (exact) mass is 441 g/mol. The number of rotatable bonds is 5. The standard InChI is InChI=1S/C26H24FN5O/c1-31-23(13-14-29-31)19-7-10-22(11-8-19)32-17-21(27)15-24(32)26(33)30-25-12-9-20(16-28-25)18-5-3-2-4-6-18/h2-14,16,21,24H,15,17H2,1H3,(H,28,30,33). The number of carbonyl (C=O) groups is 1. The van der Waals surface area contributed by atoms with Crippen LogP contribution in [0, 0.1) is 0 Å². The number of amides is 1. The second-order valence-electron chi connectivity index (χ2n) is 8.18. The molecule has 4 aromatic rings. The third-order valence-electron chi connectivity index (χ3n) is 5.99. The van der Waals surface area contributed by atoms with Crippen molar-refractivity contribution in [1.82, 2.24) is 14.8 Å². The Kier molecular flexibility index (Phi) is 5.60. The first kappa shape index (κ1) is 20.9. The molecule has 2 aromatic carbocycles. The van der Waals surface area contributed by atoms with Crippen molar-refractivity contribution >= 4 is 17.4 Å². The van der Waals surface area contributed by atoms with E-state index < -0.39 is 12.2 Å². The molecule has 7 heteroatoms. The number of aromatic nitrogens is 3. The van der Waals surface area contributed by atoms with Crippen LogP contribution in [0.5, 0.6) is 0 Å². The van der Waals surface area contributed by atoms with Crippen molar-refractivity contribution < 1.29 is 9.18 Å². The summed E-state index contributed by atoms with van der Waals surface area (Å²) < 4.78 is 16.2. The second-order valence-corrected chi connectivity index (χ2v) is 8.18. The molecule has 0 radical (unpaired) electrons. The minimum atomic E-state index is -1.06. The van der Waals surface area contributed by atoms with Crippen molar-refractivity contribution in [3.05, 3.63) is 85.2 Å². The van der Waals surface area contributed by atoms with E-state index >= 15 is 0 Å². The number of benzene rings is 2. The van der Waals surface area contributed by atoms with E-state index in [1.165, 1.54) is 0 Å². The molecule has 1 fully saturated rings. The Labute approximate surface area is 191 Å². The summed E-state index contributed by atoms with van der Waals surface area (Å²) in [5.41, 5.74) is 4.84. The molecule has 0 bridgehead atoms. The molecular weight excluding hydrogens is 417 g/mol. The molecule has 2 atom stereocenters. The second kappa shape index (κ2) is 8.86. The van der Waals surface area contributed by atoms with E-state index in [0.29, 0.717) is 5.82 Å². The van der Waals surface area contributed by atoms with Crippen molar-refractivity contribution in [2.24, 2.45) is 7.05 Å². The van der Waals surface area contributed by atoms with Gasteiger partial charge in [0, 0.05) is 37.1 Å². The summed E-state index contributed by atoms with van der Waals surface area (Å²) in [5, 5.41) is 7.05. The predicted molar refractivity (Wildman–Crippen MR) is 128 cm³/mol. The Morgan fingerprint density at radius 3 is 2.39 bits per heavy atom. The number of nitrogens with zero attached hydrogens (tertiary/aromatic N) is 4. The van der Waals surface area contributed by atoms with Crippen LogP contribution >= 0.6 is 0 Å². The molecule has 6 nitrogen and oxygen atoms in total. The average Bonchev–Trinajstić information content (AvgIpc) is 3.46. The summed E-state index contributed by atoms with van der Waals surface area (Å²) >= 11 is 0. The Balaban J connectivity index is 1.30. The lowest BCUT2D eigenvalue weighted by molar-refractivity contribution is -0.117. The van der Waals surface area contributed by atoms with E-state index in [-0.39, 0.29) is 18.9 Å². The van der Waals surface area contributed by atoms with E-state index in [2.05, 4.69) is 15.4 Å². The van der Waals surface area contributed by atoms with Gasteiger partial charge in [0.15, 0.2) is 0 Å². The van der Waals surface area contributed by atoms with Gasteiger partial charge in [0.05, 0.1) is 12.2 Å². The van der Waals surface area contributed by atoms with E-state index in [4.69, 9.17) is 0 Å². The SMILES string of the molecule is Cn1nccc1-c1ccc(N2CC(F)CC2C(=O)Nc2ccc(-c3ccccc3)cn2)cc1. The smallest absolute Gasteiger partial charge is 0.248 e. The van der Waals surface area contributed by atoms with Gasteiger partial charge in [0.1, 0.15) is 18.0 Å². The molecule has 166 valence electrons. The minimum absolute atomic E-state index is 0.150. The van der Waals surface area contributed by atoms with Gasteiger partial charge in [-0.3, -0.25) is 9.48 Å². The maximum absolute atomic E-state index is 14.4. The zero-order valence-electron chi connectivity index (χ0n) is 18.2. The van der Waals surface area contributed by atoms with Crippen LogP contribution in [-0.2, 0) is 11.8 Å². The first-order valence-electron chi connectivity index (χ1n) is 10.9. The predicted octanol–water partition coefficient (Wildman–Crippen LogP) is 4.70. The molecular formula is C26H24FN5O. The summed E-state index contributed by atoms with van der Waals surface area (Å²) in [6, 6.07) is 22.7. The lowest BCUT2D eigenvalue weighted by Gasteiger charge is -2.25. The van der Waals surface area contributed by atoms with Gasteiger partial charge in [0.2, 0.25) is 5.91 Å². The number of alkyl halides is 1. The number of anilines is 2. The zero-order valence-corrected chi connectivity index (χ0v) is 18.2. The summed E-state index contributed by atoms with van der Waals surface area (Å²) in [4.78, 5) is 19.2. The molecule has 2 unspecified atom stereocenters. The summed E-state index contributed by atoms with van der Waals surface area (Å²) in [6.07, 6.45) is 2.56. The Morgan fingerprint density at radius 2 is 1.73 bits per heavy atom. The molecule has 1 aliphatic heterocycles. The van der Waals surface area contributed by atoms with Gasteiger partial charge in [0.25, 0.3) is 0 Å². The third kappa shape index (κ3) is 4.35. The molecule has 0 spiro atoms. The molecule has 3 heterocycles. The Morgan fingerprint density at radius 1 is 0.970 bits per heavy atom. The van der Waals surface area contributed by atoms with E-state index in [0.717, 1.165) is 28.1 Å². The highest BCUT2D eigenvalue weighted by Gasteiger charge is 2.37. The highest BCUT2D eigenvalue weighted by molar-refractivity contribution is 5.97. The maximum atomic E-state index is 14.4. The van der Waals surface area contributed by atoms with Crippen molar-refractivity contribution in [3.63, 3.8) is 0 Å². The van der Waals surface area contributed by atoms with Crippen LogP contribution in [0.4, 0.5) is 15.9 Å². The van der Waals surface area contributed by atoms with Crippen molar-refractivity contribution in [3.8, 4) is 22.4 Å². The van der Waals surface area contributed by atoms with Crippen LogP contribution in [0.2, 0.25) is 0 Å². The molecule has 1 N–H and O–H groups in total. The number of carbonyl (C=O) groups excluding carboxylic acids is 1. The van der Waals surface area contributed by atoms with Crippen LogP contribution in [0.15, 0.2) is 85.2 Å². The fourth-order valence-corrected chi connectivity index (χ4v) is 4.28. The molecule has 1 amide bonds. The first-order chi connectivity index (χ1) is 16.1. The van der Waals surface area contributed by atoms with Crippen LogP contribution in [0.25, 0.3) is 22.4 Å². The van der Waals surface area contributed by atoms with Crippen LogP contribution in [0.1, 0.15) is 6.42 Å². The molecule has 0 aliphatic carbocycles. The lowest BCUT2D eigenvalue weighted by atomic mass is 10.1. The zero-order chi connectivity index (χ0) is 22.8. The average molecular weight is 442 g/mol.